The third kappa shape index (κ3) is 2.98. The molecule has 1 saturated heterocycles. The molecule has 3 rings (SSSR count). The molecule has 23 heavy (non-hydrogen) atoms. The van der Waals surface area contributed by atoms with Crippen LogP contribution in [0.2, 0.25) is 0 Å². The lowest BCUT2D eigenvalue weighted by Crippen LogP contribution is -2.33. The maximum atomic E-state index is 12.1. The van der Waals surface area contributed by atoms with Crippen LogP contribution in [0.3, 0.4) is 0 Å². The van der Waals surface area contributed by atoms with E-state index in [9.17, 15) is 14.7 Å². The average molecular weight is 318 g/mol. The molecule has 3 atom stereocenters. The number of benzene rings is 1. The summed E-state index contributed by atoms with van der Waals surface area (Å²) in [6.07, 6.45) is -0.711. The van der Waals surface area contributed by atoms with Crippen molar-refractivity contribution in [3.05, 3.63) is 56.9 Å². The van der Waals surface area contributed by atoms with Crippen LogP contribution >= 0.6 is 0 Å². The Balaban J connectivity index is 2.03. The summed E-state index contributed by atoms with van der Waals surface area (Å²) in [6.45, 7) is 1.61. The third-order valence-corrected chi connectivity index (χ3v) is 4.02. The Hall–Kier alpha value is -2.22. The lowest BCUT2D eigenvalue weighted by Gasteiger charge is -2.15. The fraction of sp³-hybridized carbons (Fsp3) is 0.375. The van der Waals surface area contributed by atoms with Crippen molar-refractivity contribution in [3.8, 4) is 11.1 Å². The van der Waals surface area contributed by atoms with Gasteiger partial charge < -0.3 is 14.9 Å². The number of hydrogen-bond acceptors (Lipinski definition) is 5. The second-order valence-corrected chi connectivity index (χ2v) is 5.69. The monoisotopic (exact) mass is 318 g/mol. The molecule has 2 heterocycles. The maximum absolute atomic E-state index is 12.1. The van der Waals surface area contributed by atoms with Crippen molar-refractivity contribution in [1.29, 1.82) is 0 Å². The van der Waals surface area contributed by atoms with E-state index in [-0.39, 0.29) is 13.0 Å². The maximum Gasteiger partial charge on any atom is 0.330 e. The molecule has 0 amide bonds. The van der Waals surface area contributed by atoms with Gasteiger partial charge in [-0.05, 0) is 12.5 Å². The Labute approximate surface area is 131 Å². The van der Waals surface area contributed by atoms with Gasteiger partial charge in [0.15, 0.2) is 0 Å². The zero-order valence-electron chi connectivity index (χ0n) is 12.6. The van der Waals surface area contributed by atoms with Crippen molar-refractivity contribution >= 4 is 0 Å². The molecular formula is C16H18N2O5. The molecule has 0 aliphatic carbocycles. The molecule has 1 fully saturated rings. The zero-order chi connectivity index (χ0) is 16.6. The summed E-state index contributed by atoms with van der Waals surface area (Å²) < 4.78 is 6.73. The average Bonchev–Trinajstić information content (AvgIpc) is 2.89. The number of aliphatic hydroxyl groups is 2. The van der Waals surface area contributed by atoms with E-state index in [0.717, 1.165) is 5.56 Å². The molecule has 0 unspecified atom stereocenters. The fourth-order valence-corrected chi connectivity index (χ4v) is 2.69. The molecule has 2 aromatic rings. The van der Waals surface area contributed by atoms with Crippen LogP contribution in [0.25, 0.3) is 11.1 Å². The van der Waals surface area contributed by atoms with E-state index in [1.165, 1.54) is 10.8 Å². The van der Waals surface area contributed by atoms with Gasteiger partial charge >= 0.3 is 5.69 Å². The molecule has 1 aliphatic rings. The Kier molecular flexibility index (Phi) is 4.16. The summed E-state index contributed by atoms with van der Waals surface area (Å²) in [7, 11) is 0. The van der Waals surface area contributed by atoms with E-state index in [4.69, 9.17) is 9.84 Å². The molecule has 0 bridgehead atoms. The topological polar surface area (TPSA) is 105 Å². The molecular weight excluding hydrogens is 300 g/mol. The van der Waals surface area contributed by atoms with Crippen molar-refractivity contribution in [2.45, 2.75) is 31.8 Å². The van der Waals surface area contributed by atoms with Crippen molar-refractivity contribution in [2.75, 3.05) is 6.61 Å². The largest absolute Gasteiger partial charge is 0.394 e. The van der Waals surface area contributed by atoms with Gasteiger partial charge in [-0.2, -0.15) is 0 Å². The standard InChI is InChI=1S/C16H18N2O5/c1-9-2-4-10(5-3-9)11-7-18(16(22)17-15(11)21)14-6-12(20)13(8-19)23-14/h2-5,7,12-14,19-20H,6,8H2,1H3,(H,17,21,22)/t12-,13+,14+/m0/s1. The van der Waals surface area contributed by atoms with Crippen LogP contribution < -0.4 is 11.2 Å². The van der Waals surface area contributed by atoms with E-state index in [1.807, 2.05) is 19.1 Å². The molecule has 7 nitrogen and oxygen atoms in total. The van der Waals surface area contributed by atoms with E-state index < -0.39 is 29.7 Å². The van der Waals surface area contributed by atoms with Crippen molar-refractivity contribution in [2.24, 2.45) is 0 Å². The number of H-pyrrole nitrogens is 1. The van der Waals surface area contributed by atoms with E-state index in [2.05, 4.69) is 4.98 Å². The number of aromatic nitrogens is 2. The normalized spacial score (nSPS) is 24.0. The molecule has 0 saturated carbocycles. The summed E-state index contributed by atoms with van der Waals surface area (Å²) in [4.78, 5) is 26.4. The van der Waals surface area contributed by atoms with E-state index >= 15 is 0 Å². The number of aliphatic hydroxyl groups excluding tert-OH is 2. The molecule has 7 heteroatoms. The first-order chi connectivity index (χ1) is 11.0. The quantitative estimate of drug-likeness (QED) is 0.747. The fourth-order valence-electron chi connectivity index (χ4n) is 2.69. The highest BCUT2D eigenvalue weighted by atomic mass is 16.5. The van der Waals surface area contributed by atoms with Crippen LogP contribution in [0.5, 0.6) is 0 Å². The molecule has 1 aliphatic heterocycles. The lowest BCUT2D eigenvalue weighted by molar-refractivity contribution is -0.0458. The molecule has 3 N–H and O–H groups in total. The number of hydrogen-bond donors (Lipinski definition) is 3. The Morgan fingerprint density at radius 3 is 2.61 bits per heavy atom. The van der Waals surface area contributed by atoms with Gasteiger partial charge in [-0.3, -0.25) is 14.3 Å². The van der Waals surface area contributed by atoms with Gasteiger partial charge in [0, 0.05) is 12.6 Å². The number of aryl methyl sites for hydroxylation is 1. The van der Waals surface area contributed by atoms with Crippen LogP contribution in [-0.2, 0) is 4.74 Å². The highest BCUT2D eigenvalue weighted by Crippen LogP contribution is 2.28. The minimum atomic E-state index is -0.855. The number of rotatable bonds is 3. The molecule has 0 spiro atoms. The number of ether oxygens (including phenoxy) is 1. The lowest BCUT2D eigenvalue weighted by atomic mass is 10.1. The Morgan fingerprint density at radius 1 is 1.30 bits per heavy atom. The van der Waals surface area contributed by atoms with E-state index in [0.29, 0.717) is 11.1 Å². The van der Waals surface area contributed by atoms with Crippen molar-refractivity contribution < 1.29 is 14.9 Å². The Morgan fingerprint density at radius 2 is 2.00 bits per heavy atom. The SMILES string of the molecule is Cc1ccc(-c2cn([C@H]3C[C@H](O)[C@@H](CO)O3)c(=O)[nH]c2=O)cc1. The second kappa shape index (κ2) is 6.11. The van der Waals surface area contributed by atoms with Gasteiger partial charge in [0.1, 0.15) is 12.3 Å². The van der Waals surface area contributed by atoms with Crippen LogP contribution in [-0.4, -0.2) is 38.6 Å². The third-order valence-electron chi connectivity index (χ3n) is 4.02. The van der Waals surface area contributed by atoms with Crippen LogP contribution in [0.1, 0.15) is 18.2 Å². The van der Waals surface area contributed by atoms with Gasteiger partial charge in [-0.1, -0.05) is 29.8 Å². The second-order valence-electron chi connectivity index (χ2n) is 5.69. The van der Waals surface area contributed by atoms with Gasteiger partial charge in [-0.25, -0.2) is 4.79 Å². The summed E-state index contributed by atoms with van der Waals surface area (Å²) in [6, 6.07) is 7.36. The van der Waals surface area contributed by atoms with Gasteiger partial charge in [-0.15, -0.1) is 0 Å². The number of aromatic amines is 1. The predicted molar refractivity (Wildman–Crippen MR) is 83.1 cm³/mol. The number of nitrogens with one attached hydrogen (secondary N) is 1. The minimum absolute atomic E-state index is 0.171. The molecule has 1 aromatic heterocycles. The number of nitrogens with zero attached hydrogens (tertiary/aromatic N) is 1. The molecule has 122 valence electrons. The first-order valence-corrected chi connectivity index (χ1v) is 7.36. The van der Waals surface area contributed by atoms with Crippen molar-refractivity contribution in [3.63, 3.8) is 0 Å². The first-order valence-electron chi connectivity index (χ1n) is 7.36. The van der Waals surface area contributed by atoms with Gasteiger partial charge in [0.25, 0.3) is 5.56 Å². The van der Waals surface area contributed by atoms with Crippen LogP contribution in [0.4, 0.5) is 0 Å². The highest BCUT2D eigenvalue weighted by Gasteiger charge is 2.35. The molecule has 0 radical (unpaired) electrons. The summed E-state index contributed by atoms with van der Waals surface area (Å²) >= 11 is 0. The summed E-state index contributed by atoms with van der Waals surface area (Å²) in [5, 5.41) is 19.0. The van der Waals surface area contributed by atoms with Gasteiger partial charge in [0.2, 0.25) is 0 Å². The van der Waals surface area contributed by atoms with E-state index in [1.54, 1.807) is 12.1 Å². The van der Waals surface area contributed by atoms with Crippen LogP contribution in [0, 0.1) is 6.92 Å². The Bertz CT molecular complexity index is 808. The van der Waals surface area contributed by atoms with Crippen molar-refractivity contribution in [1.82, 2.24) is 9.55 Å². The summed E-state index contributed by atoms with van der Waals surface area (Å²) in [5.41, 5.74) is 0.999. The first kappa shape index (κ1) is 15.7. The smallest absolute Gasteiger partial charge is 0.330 e. The minimum Gasteiger partial charge on any atom is -0.394 e. The predicted octanol–water partition coefficient (Wildman–Crippen LogP) is 0.153. The zero-order valence-corrected chi connectivity index (χ0v) is 12.6. The van der Waals surface area contributed by atoms with Crippen LogP contribution in [0.15, 0.2) is 40.1 Å². The van der Waals surface area contributed by atoms with Gasteiger partial charge in [0.05, 0.1) is 18.3 Å². The highest BCUT2D eigenvalue weighted by molar-refractivity contribution is 5.61. The summed E-state index contributed by atoms with van der Waals surface area (Å²) in [5.74, 6) is 0. The molecule has 1 aromatic carbocycles.